The molecule has 1 unspecified atom stereocenters. The monoisotopic (exact) mass is 255 g/mol. The lowest BCUT2D eigenvalue weighted by Gasteiger charge is -2.16. The maximum atomic E-state index is 11.5. The number of aromatic nitrogens is 2. The van der Waals surface area contributed by atoms with Crippen LogP contribution in [0.3, 0.4) is 0 Å². The second kappa shape index (κ2) is 4.70. The number of aryl methyl sites for hydroxylation is 1. The number of rotatable bonds is 3. The van der Waals surface area contributed by atoms with E-state index in [0.29, 0.717) is 24.4 Å². The number of sulfone groups is 1. The summed E-state index contributed by atoms with van der Waals surface area (Å²) in [5.41, 5.74) is 1.66. The molecule has 1 atom stereocenters. The van der Waals surface area contributed by atoms with E-state index in [-0.39, 0.29) is 17.5 Å². The quantitative estimate of drug-likeness (QED) is 0.829. The summed E-state index contributed by atoms with van der Waals surface area (Å²) in [4.78, 5) is 8.65. The molecule has 0 spiro atoms. The third kappa shape index (κ3) is 3.01. The van der Waals surface area contributed by atoms with E-state index in [1.165, 1.54) is 0 Å². The summed E-state index contributed by atoms with van der Waals surface area (Å²) in [6.45, 7) is 2.04. The Morgan fingerprint density at radius 3 is 3.00 bits per heavy atom. The molecule has 1 aliphatic heterocycles. The van der Waals surface area contributed by atoms with Crippen LogP contribution in [0.4, 0.5) is 0 Å². The molecule has 0 amide bonds. The Morgan fingerprint density at radius 2 is 2.29 bits per heavy atom. The molecule has 2 rings (SSSR count). The van der Waals surface area contributed by atoms with Crippen molar-refractivity contribution in [1.29, 1.82) is 0 Å². The fourth-order valence-electron chi connectivity index (χ4n) is 1.84. The van der Waals surface area contributed by atoms with Crippen molar-refractivity contribution in [3.63, 3.8) is 0 Å². The van der Waals surface area contributed by atoms with Gasteiger partial charge >= 0.3 is 0 Å². The third-order valence-electron chi connectivity index (χ3n) is 3.02. The van der Waals surface area contributed by atoms with Gasteiger partial charge in [0, 0.05) is 18.7 Å². The normalized spacial score (nSPS) is 19.6. The summed E-state index contributed by atoms with van der Waals surface area (Å²) in [6.07, 6.45) is 3.03. The number of nitrogens with zero attached hydrogens (tertiary/aromatic N) is 2. The van der Waals surface area contributed by atoms with Gasteiger partial charge in [-0.2, -0.15) is 0 Å². The zero-order valence-corrected chi connectivity index (χ0v) is 10.9. The largest absolute Gasteiger partial charge is 0.317 e. The minimum absolute atomic E-state index is 0.0613. The van der Waals surface area contributed by atoms with Gasteiger partial charge in [-0.15, -0.1) is 0 Å². The van der Waals surface area contributed by atoms with Crippen LogP contribution in [0.5, 0.6) is 0 Å². The van der Waals surface area contributed by atoms with Gasteiger partial charge in [0.05, 0.1) is 17.2 Å². The molecule has 1 N–H and O–H groups in total. The van der Waals surface area contributed by atoms with Gasteiger partial charge in [0.15, 0.2) is 9.84 Å². The summed E-state index contributed by atoms with van der Waals surface area (Å²) in [5, 5.41) is 3.11. The Morgan fingerprint density at radius 1 is 1.53 bits per heavy atom. The first kappa shape index (κ1) is 12.4. The highest BCUT2D eigenvalue weighted by molar-refractivity contribution is 7.90. The molecule has 1 aromatic heterocycles. The number of likely N-dealkylation sites (N-methyl/N-ethyl adjacent to an activating group) is 1. The second-order valence-corrected chi connectivity index (χ2v) is 6.68. The molecule has 1 aliphatic rings. The molecule has 5 nitrogen and oxygen atoms in total. The van der Waals surface area contributed by atoms with Gasteiger partial charge in [-0.25, -0.2) is 18.4 Å². The minimum Gasteiger partial charge on any atom is -0.317 e. The van der Waals surface area contributed by atoms with Crippen molar-refractivity contribution in [3.8, 4) is 0 Å². The SMILES string of the molecule is CNC(C)Cc1ncc2c(n1)CS(=O)(=O)CC2. The van der Waals surface area contributed by atoms with Crippen molar-refractivity contribution in [3.05, 3.63) is 23.3 Å². The van der Waals surface area contributed by atoms with Crippen LogP contribution < -0.4 is 5.32 Å². The van der Waals surface area contributed by atoms with Crippen LogP contribution in [0.15, 0.2) is 6.20 Å². The maximum Gasteiger partial charge on any atom is 0.156 e. The Bertz CT molecular complexity index is 513. The summed E-state index contributed by atoms with van der Waals surface area (Å²) in [7, 11) is -1.07. The van der Waals surface area contributed by atoms with Crippen molar-refractivity contribution in [2.45, 2.75) is 31.6 Å². The fourth-order valence-corrected chi connectivity index (χ4v) is 3.18. The van der Waals surface area contributed by atoms with Gasteiger partial charge in [0.2, 0.25) is 0 Å². The molecule has 1 aromatic rings. The van der Waals surface area contributed by atoms with E-state index < -0.39 is 9.84 Å². The lowest BCUT2D eigenvalue weighted by Crippen LogP contribution is -2.26. The predicted octanol–water partition coefficient (Wildman–Crippen LogP) is 0.0979. The Kier molecular flexibility index (Phi) is 3.44. The zero-order valence-electron chi connectivity index (χ0n) is 10.1. The molecule has 2 heterocycles. The highest BCUT2D eigenvalue weighted by Gasteiger charge is 2.23. The van der Waals surface area contributed by atoms with Crippen LogP contribution in [0.2, 0.25) is 0 Å². The van der Waals surface area contributed by atoms with E-state index in [0.717, 1.165) is 5.56 Å². The van der Waals surface area contributed by atoms with Gasteiger partial charge in [0.25, 0.3) is 0 Å². The van der Waals surface area contributed by atoms with Crippen molar-refractivity contribution in [2.24, 2.45) is 0 Å². The summed E-state index contributed by atoms with van der Waals surface area (Å²) < 4.78 is 23.1. The Labute approximate surface area is 102 Å². The summed E-state index contributed by atoms with van der Waals surface area (Å²) >= 11 is 0. The number of nitrogens with one attached hydrogen (secondary N) is 1. The smallest absolute Gasteiger partial charge is 0.156 e. The molecule has 0 saturated carbocycles. The molecular formula is C11H17N3O2S. The van der Waals surface area contributed by atoms with Crippen molar-refractivity contribution in [1.82, 2.24) is 15.3 Å². The fraction of sp³-hybridized carbons (Fsp3) is 0.636. The zero-order chi connectivity index (χ0) is 12.5. The topological polar surface area (TPSA) is 72.0 Å². The first-order valence-corrected chi connectivity index (χ1v) is 7.53. The molecule has 0 fully saturated rings. The third-order valence-corrected chi connectivity index (χ3v) is 4.56. The van der Waals surface area contributed by atoms with Crippen LogP contribution in [0.1, 0.15) is 24.0 Å². The standard InChI is InChI=1S/C11H17N3O2S/c1-8(12-2)5-11-13-6-9-3-4-17(15,16)7-10(9)14-11/h6,8,12H,3-5,7H2,1-2H3. The molecule has 17 heavy (non-hydrogen) atoms. The number of hydrogen-bond donors (Lipinski definition) is 1. The molecule has 0 aliphatic carbocycles. The number of fused-ring (bicyclic) bond motifs is 1. The molecule has 0 aromatic carbocycles. The minimum atomic E-state index is -2.95. The lowest BCUT2D eigenvalue weighted by molar-refractivity contribution is 0.581. The van der Waals surface area contributed by atoms with Crippen molar-refractivity contribution < 1.29 is 8.42 Å². The molecular weight excluding hydrogens is 238 g/mol. The van der Waals surface area contributed by atoms with E-state index in [1.807, 2.05) is 14.0 Å². The van der Waals surface area contributed by atoms with Gasteiger partial charge < -0.3 is 5.32 Å². The molecule has 0 radical (unpaired) electrons. The first-order valence-electron chi connectivity index (χ1n) is 5.71. The number of hydrogen-bond acceptors (Lipinski definition) is 5. The van der Waals surface area contributed by atoms with Crippen molar-refractivity contribution >= 4 is 9.84 Å². The predicted molar refractivity (Wildman–Crippen MR) is 65.5 cm³/mol. The molecule has 0 saturated heterocycles. The lowest BCUT2D eigenvalue weighted by atomic mass is 10.1. The highest BCUT2D eigenvalue weighted by Crippen LogP contribution is 2.18. The Hall–Kier alpha value is -1.01. The second-order valence-electron chi connectivity index (χ2n) is 4.49. The molecule has 0 bridgehead atoms. The van der Waals surface area contributed by atoms with Crippen LogP contribution in [0.25, 0.3) is 0 Å². The van der Waals surface area contributed by atoms with Gasteiger partial charge in [-0.3, -0.25) is 0 Å². The van der Waals surface area contributed by atoms with Crippen LogP contribution >= 0.6 is 0 Å². The van der Waals surface area contributed by atoms with Gasteiger partial charge in [0.1, 0.15) is 5.82 Å². The maximum absolute atomic E-state index is 11.5. The van der Waals surface area contributed by atoms with Crippen LogP contribution in [0, 0.1) is 0 Å². The van der Waals surface area contributed by atoms with E-state index in [4.69, 9.17) is 0 Å². The van der Waals surface area contributed by atoms with E-state index in [9.17, 15) is 8.42 Å². The van der Waals surface area contributed by atoms with Crippen molar-refractivity contribution in [2.75, 3.05) is 12.8 Å². The highest BCUT2D eigenvalue weighted by atomic mass is 32.2. The van der Waals surface area contributed by atoms with E-state index >= 15 is 0 Å². The van der Waals surface area contributed by atoms with E-state index in [1.54, 1.807) is 6.20 Å². The Balaban J connectivity index is 2.24. The summed E-state index contributed by atoms with van der Waals surface area (Å²) in [6, 6.07) is 0.285. The van der Waals surface area contributed by atoms with Gasteiger partial charge in [-0.05, 0) is 26.0 Å². The molecule has 6 heteroatoms. The summed E-state index contributed by atoms with van der Waals surface area (Å²) in [5.74, 6) is 0.990. The average Bonchev–Trinajstić information content (AvgIpc) is 2.27. The molecule has 94 valence electrons. The van der Waals surface area contributed by atoms with Crippen LogP contribution in [-0.2, 0) is 28.4 Å². The van der Waals surface area contributed by atoms with E-state index in [2.05, 4.69) is 15.3 Å². The van der Waals surface area contributed by atoms with Crippen LogP contribution in [-0.4, -0.2) is 37.2 Å². The first-order chi connectivity index (χ1) is 8.00. The average molecular weight is 255 g/mol. The van der Waals surface area contributed by atoms with Gasteiger partial charge in [-0.1, -0.05) is 0 Å².